The van der Waals surface area contributed by atoms with Crippen LogP contribution in [0.1, 0.15) is 81.0 Å². The van der Waals surface area contributed by atoms with E-state index in [1.54, 1.807) is 17.0 Å². The van der Waals surface area contributed by atoms with Crippen molar-refractivity contribution in [1.29, 1.82) is 0 Å². The van der Waals surface area contributed by atoms with Gasteiger partial charge in [0.1, 0.15) is 11.1 Å². The number of carbonyl (C=O) groups excluding carboxylic acids is 2. The minimum Gasteiger partial charge on any atom is -0.352 e. The lowest BCUT2D eigenvalue weighted by molar-refractivity contribution is 0.0605. The third-order valence-electron chi connectivity index (χ3n) is 4.91. The zero-order valence-electron chi connectivity index (χ0n) is 17.2. The summed E-state index contributed by atoms with van der Waals surface area (Å²) in [4.78, 5) is 40.6. The van der Waals surface area contributed by atoms with Crippen molar-refractivity contribution in [3.8, 4) is 0 Å². The summed E-state index contributed by atoms with van der Waals surface area (Å²) in [5.74, 6) is -0.342. The molecule has 0 unspecified atom stereocenters. The largest absolute Gasteiger partial charge is 0.352 e. The molecule has 0 radical (unpaired) electrons. The quantitative estimate of drug-likeness (QED) is 0.831. The number of carbonyl (C=O) groups is 2. The van der Waals surface area contributed by atoms with Gasteiger partial charge >= 0.3 is 0 Å². The maximum atomic E-state index is 13.2. The zero-order chi connectivity index (χ0) is 20.1. The van der Waals surface area contributed by atoms with Gasteiger partial charge in [0.25, 0.3) is 11.8 Å². The van der Waals surface area contributed by atoms with E-state index in [1.165, 1.54) is 0 Å². The lowest BCUT2D eigenvalue weighted by Crippen LogP contribution is -2.46. The monoisotopic (exact) mass is 375 g/mol. The molecule has 2 heterocycles. The van der Waals surface area contributed by atoms with Gasteiger partial charge in [-0.25, -0.2) is 0 Å². The first kappa shape index (κ1) is 21.2. The number of nitrogens with zero attached hydrogens (tertiary/aromatic N) is 2. The lowest BCUT2D eigenvalue weighted by Gasteiger charge is -2.35. The third-order valence-corrected chi connectivity index (χ3v) is 4.91. The smallest absolute Gasteiger partial charge is 0.259 e. The average Bonchev–Trinajstić information content (AvgIpc) is 2.61. The van der Waals surface area contributed by atoms with Crippen LogP contribution < -0.4 is 10.7 Å². The van der Waals surface area contributed by atoms with Crippen LogP contribution in [0.4, 0.5) is 0 Å². The van der Waals surface area contributed by atoms with Gasteiger partial charge in [-0.15, -0.1) is 0 Å². The Kier molecular flexibility index (Phi) is 7.22. The van der Waals surface area contributed by atoms with Gasteiger partial charge in [0, 0.05) is 37.6 Å². The summed E-state index contributed by atoms with van der Waals surface area (Å²) < 4.78 is 1.80. The first-order chi connectivity index (χ1) is 12.7. The van der Waals surface area contributed by atoms with Crippen molar-refractivity contribution in [1.82, 2.24) is 14.8 Å². The Hall–Kier alpha value is -2.11. The second-order valence-corrected chi connectivity index (χ2v) is 8.19. The van der Waals surface area contributed by atoms with Gasteiger partial charge in [-0.2, -0.15) is 0 Å². The predicted molar refractivity (Wildman–Crippen MR) is 107 cm³/mol. The maximum Gasteiger partial charge on any atom is 0.259 e. The SMILES string of the molecule is CC[C@@H]1CCCCN1C(=O)c1cn(CC(C)C)cc(C(=O)NC(C)C)c1=O. The van der Waals surface area contributed by atoms with E-state index >= 15 is 0 Å². The summed E-state index contributed by atoms with van der Waals surface area (Å²) in [5.41, 5.74) is -0.328. The molecule has 150 valence electrons. The minimum atomic E-state index is -0.474. The summed E-state index contributed by atoms with van der Waals surface area (Å²) in [7, 11) is 0. The van der Waals surface area contributed by atoms with Gasteiger partial charge in [-0.05, 0) is 45.4 Å². The second-order valence-electron chi connectivity index (χ2n) is 8.19. The highest BCUT2D eigenvalue weighted by molar-refractivity contribution is 5.99. The van der Waals surface area contributed by atoms with Crippen molar-refractivity contribution >= 4 is 11.8 Å². The van der Waals surface area contributed by atoms with Crippen molar-refractivity contribution < 1.29 is 9.59 Å². The molecule has 6 heteroatoms. The normalized spacial score (nSPS) is 17.4. The van der Waals surface area contributed by atoms with Crippen LogP contribution in [0.2, 0.25) is 0 Å². The first-order valence-electron chi connectivity index (χ1n) is 10.1. The molecule has 1 fully saturated rings. The van der Waals surface area contributed by atoms with Gasteiger partial charge < -0.3 is 14.8 Å². The van der Waals surface area contributed by atoms with Crippen molar-refractivity contribution in [3.05, 3.63) is 33.7 Å². The predicted octanol–water partition coefficient (Wildman–Crippen LogP) is 3.05. The molecule has 1 saturated heterocycles. The minimum absolute atomic E-state index is 0.0419. The van der Waals surface area contributed by atoms with Gasteiger partial charge in [0.2, 0.25) is 5.43 Å². The highest BCUT2D eigenvalue weighted by Gasteiger charge is 2.29. The Morgan fingerprint density at radius 1 is 1.15 bits per heavy atom. The van der Waals surface area contributed by atoms with Crippen molar-refractivity contribution in [3.63, 3.8) is 0 Å². The number of hydrogen-bond donors (Lipinski definition) is 1. The summed E-state index contributed by atoms with van der Waals surface area (Å²) in [6.45, 7) is 11.2. The Morgan fingerprint density at radius 3 is 2.41 bits per heavy atom. The highest BCUT2D eigenvalue weighted by Crippen LogP contribution is 2.21. The van der Waals surface area contributed by atoms with E-state index in [0.29, 0.717) is 19.0 Å². The fourth-order valence-electron chi connectivity index (χ4n) is 3.66. The topological polar surface area (TPSA) is 71.4 Å². The van der Waals surface area contributed by atoms with Crippen molar-refractivity contribution in [2.45, 2.75) is 78.9 Å². The number of rotatable bonds is 6. The number of piperidine rings is 1. The molecule has 1 atom stereocenters. The van der Waals surface area contributed by atoms with E-state index in [0.717, 1.165) is 25.7 Å². The van der Waals surface area contributed by atoms with E-state index in [1.807, 2.05) is 18.7 Å². The van der Waals surface area contributed by atoms with Crippen molar-refractivity contribution in [2.24, 2.45) is 5.92 Å². The van der Waals surface area contributed by atoms with Gasteiger partial charge in [0.15, 0.2) is 0 Å². The zero-order valence-corrected chi connectivity index (χ0v) is 17.2. The van der Waals surface area contributed by atoms with E-state index in [-0.39, 0.29) is 29.1 Å². The van der Waals surface area contributed by atoms with Crippen LogP contribution in [0.5, 0.6) is 0 Å². The molecule has 6 nitrogen and oxygen atoms in total. The van der Waals surface area contributed by atoms with Gasteiger partial charge in [-0.1, -0.05) is 20.8 Å². The molecule has 1 N–H and O–H groups in total. The van der Waals surface area contributed by atoms with Gasteiger partial charge in [0.05, 0.1) is 0 Å². The van der Waals surface area contributed by atoms with E-state index in [4.69, 9.17) is 0 Å². The molecule has 0 aromatic carbocycles. The van der Waals surface area contributed by atoms with Gasteiger partial charge in [-0.3, -0.25) is 14.4 Å². The molecule has 0 bridgehead atoms. The number of aromatic nitrogens is 1. The van der Waals surface area contributed by atoms with Crippen LogP contribution in [0.25, 0.3) is 0 Å². The number of pyridine rings is 1. The Labute approximate surface area is 161 Å². The summed E-state index contributed by atoms with van der Waals surface area (Å²) >= 11 is 0. The van der Waals surface area contributed by atoms with E-state index < -0.39 is 11.3 Å². The van der Waals surface area contributed by atoms with Crippen molar-refractivity contribution in [2.75, 3.05) is 6.54 Å². The Morgan fingerprint density at radius 2 is 1.81 bits per heavy atom. The molecule has 0 spiro atoms. The van der Waals surface area contributed by atoms with E-state index in [9.17, 15) is 14.4 Å². The molecule has 0 saturated carbocycles. The fraction of sp³-hybridized carbons (Fsp3) is 0.667. The van der Waals surface area contributed by atoms with Crippen LogP contribution in [0.3, 0.4) is 0 Å². The van der Waals surface area contributed by atoms with E-state index in [2.05, 4.69) is 26.1 Å². The Balaban J connectivity index is 2.48. The maximum absolute atomic E-state index is 13.2. The third kappa shape index (κ3) is 5.21. The molecule has 1 aliphatic heterocycles. The second kappa shape index (κ2) is 9.20. The number of hydrogen-bond acceptors (Lipinski definition) is 3. The molecule has 27 heavy (non-hydrogen) atoms. The standard InChI is InChI=1S/C21H33N3O3/c1-6-16-9-7-8-10-24(16)21(27)18-13-23(11-14(2)3)12-17(19(18)25)20(26)22-15(4)5/h12-16H,6-11H2,1-5H3,(H,22,26)/t16-/m1/s1. The molecule has 1 aliphatic rings. The van der Waals surface area contributed by atoms with Crippen LogP contribution in [-0.4, -0.2) is 39.9 Å². The van der Waals surface area contributed by atoms with Crippen LogP contribution in [-0.2, 0) is 6.54 Å². The molecule has 2 amide bonds. The average molecular weight is 376 g/mol. The highest BCUT2D eigenvalue weighted by atomic mass is 16.2. The Bertz CT molecular complexity index is 737. The molecule has 0 aliphatic carbocycles. The van der Waals surface area contributed by atoms with Crippen LogP contribution in [0, 0.1) is 5.92 Å². The molecule has 1 aromatic heterocycles. The molecule has 1 aromatic rings. The number of amides is 2. The molecule has 2 rings (SSSR count). The molecular formula is C21H33N3O3. The summed E-state index contributed by atoms with van der Waals surface area (Å²) in [6.07, 6.45) is 7.10. The summed E-state index contributed by atoms with van der Waals surface area (Å²) in [6, 6.07) is 0.0821. The first-order valence-corrected chi connectivity index (χ1v) is 10.1. The lowest BCUT2D eigenvalue weighted by atomic mass is 9.98. The number of likely N-dealkylation sites (tertiary alicyclic amines) is 1. The number of nitrogens with one attached hydrogen (secondary N) is 1. The molecular weight excluding hydrogens is 342 g/mol. The summed E-state index contributed by atoms with van der Waals surface area (Å²) in [5, 5.41) is 2.77. The van der Waals surface area contributed by atoms with Crippen LogP contribution >= 0.6 is 0 Å². The van der Waals surface area contributed by atoms with Crippen LogP contribution in [0.15, 0.2) is 17.2 Å². The fourth-order valence-corrected chi connectivity index (χ4v) is 3.66.